The average molecular weight is 905 g/mol. The third kappa shape index (κ3) is 51.4. The van der Waals surface area contributed by atoms with Gasteiger partial charge >= 0.3 is 17.9 Å². The average Bonchev–Trinajstić information content (AvgIpc) is 3.30. The Balaban J connectivity index is 4.47. The minimum atomic E-state index is -0.802. The maximum Gasteiger partial charge on any atom is 0.306 e. The summed E-state index contributed by atoms with van der Waals surface area (Å²) in [6.45, 7) is 6.47. The molecule has 6 nitrogen and oxygen atoms in total. The SMILES string of the molecule is CC/C=C\C/C=C\C/C=C\C/C=C\C/C=C\CCCCCC(=O)OCC(COC(=O)CCCCCCCCCCCCCC)OC(=O)CCCCC/C=C\C=C/CCCCCCCCC. The number of ether oxygens (including phenoxy) is 3. The second kappa shape index (κ2) is 53.2. The minimum Gasteiger partial charge on any atom is -0.462 e. The number of hydrogen-bond donors (Lipinski definition) is 0. The molecule has 0 heterocycles. The van der Waals surface area contributed by atoms with Gasteiger partial charge in [0.15, 0.2) is 6.10 Å². The van der Waals surface area contributed by atoms with Crippen molar-refractivity contribution in [3.8, 4) is 0 Å². The van der Waals surface area contributed by atoms with Crippen molar-refractivity contribution in [1.29, 1.82) is 0 Å². The van der Waals surface area contributed by atoms with Crippen LogP contribution in [0, 0.1) is 0 Å². The van der Waals surface area contributed by atoms with Gasteiger partial charge in [0.25, 0.3) is 0 Å². The van der Waals surface area contributed by atoms with Crippen LogP contribution in [0.15, 0.2) is 85.1 Å². The molecule has 65 heavy (non-hydrogen) atoms. The number of hydrogen-bond acceptors (Lipinski definition) is 6. The highest BCUT2D eigenvalue weighted by Gasteiger charge is 2.19. The topological polar surface area (TPSA) is 78.9 Å². The van der Waals surface area contributed by atoms with Crippen LogP contribution in [0.25, 0.3) is 0 Å². The van der Waals surface area contributed by atoms with Crippen LogP contribution >= 0.6 is 0 Å². The smallest absolute Gasteiger partial charge is 0.306 e. The summed E-state index contributed by atoms with van der Waals surface area (Å²) in [5.74, 6) is -0.955. The van der Waals surface area contributed by atoms with Gasteiger partial charge in [-0.2, -0.15) is 0 Å². The maximum atomic E-state index is 12.8. The van der Waals surface area contributed by atoms with Gasteiger partial charge in [-0.15, -0.1) is 0 Å². The summed E-state index contributed by atoms with van der Waals surface area (Å²) < 4.78 is 16.8. The molecule has 0 aromatic carbocycles. The van der Waals surface area contributed by atoms with Gasteiger partial charge in [-0.05, 0) is 89.9 Å². The van der Waals surface area contributed by atoms with Crippen molar-refractivity contribution in [2.45, 2.75) is 258 Å². The fraction of sp³-hybridized carbons (Fsp3) is 0.712. The van der Waals surface area contributed by atoms with Crippen molar-refractivity contribution in [3.05, 3.63) is 85.1 Å². The molecule has 0 rings (SSSR count). The second-order valence-electron chi connectivity index (χ2n) is 17.8. The van der Waals surface area contributed by atoms with Gasteiger partial charge in [0.05, 0.1) is 0 Å². The largest absolute Gasteiger partial charge is 0.462 e. The lowest BCUT2D eigenvalue weighted by Crippen LogP contribution is -2.30. The monoisotopic (exact) mass is 905 g/mol. The summed E-state index contributed by atoms with van der Waals surface area (Å²) in [5, 5.41) is 0. The van der Waals surface area contributed by atoms with Crippen LogP contribution in [0.2, 0.25) is 0 Å². The fourth-order valence-electron chi connectivity index (χ4n) is 7.34. The van der Waals surface area contributed by atoms with E-state index in [-0.39, 0.29) is 37.5 Å². The number of unbranched alkanes of at least 4 members (excludes halogenated alkanes) is 24. The van der Waals surface area contributed by atoms with Crippen molar-refractivity contribution in [2.75, 3.05) is 13.2 Å². The maximum absolute atomic E-state index is 12.8. The lowest BCUT2D eigenvalue weighted by molar-refractivity contribution is -0.167. The normalized spacial score (nSPS) is 12.7. The van der Waals surface area contributed by atoms with Crippen LogP contribution in [0.5, 0.6) is 0 Å². The van der Waals surface area contributed by atoms with Gasteiger partial charge in [0.2, 0.25) is 0 Å². The van der Waals surface area contributed by atoms with E-state index in [2.05, 4.69) is 106 Å². The molecule has 0 radical (unpaired) electrons. The Kier molecular flexibility index (Phi) is 50.4. The molecule has 0 aromatic rings. The summed E-state index contributed by atoms with van der Waals surface area (Å²) >= 11 is 0. The number of allylic oxidation sites excluding steroid dienone is 14. The van der Waals surface area contributed by atoms with Crippen LogP contribution in [0.1, 0.15) is 252 Å². The highest BCUT2D eigenvalue weighted by molar-refractivity contribution is 5.71. The van der Waals surface area contributed by atoms with Crippen LogP contribution in [0.4, 0.5) is 0 Å². The fourth-order valence-corrected chi connectivity index (χ4v) is 7.34. The summed E-state index contributed by atoms with van der Waals surface area (Å²) in [6.07, 6.45) is 68.5. The van der Waals surface area contributed by atoms with Crippen molar-refractivity contribution in [2.24, 2.45) is 0 Å². The molecule has 0 amide bonds. The lowest BCUT2D eigenvalue weighted by Gasteiger charge is -2.18. The van der Waals surface area contributed by atoms with E-state index in [0.717, 1.165) is 109 Å². The third-order valence-corrected chi connectivity index (χ3v) is 11.4. The highest BCUT2D eigenvalue weighted by atomic mass is 16.6. The molecule has 372 valence electrons. The molecule has 0 aliphatic carbocycles. The Morgan fingerprint density at radius 3 is 1.05 bits per heavy atom. The quantitative estimate of drug-likeness (QED) is 0.0199. The van der Waals surface area contributed by atoms with Crippen LogP contribution in [-0.4, -0.2) is 37.2 Å². The molecular weight excluding hydrogens is 805 g/mol. The Morgan fingerprint density at radius 1 is 0.338 bits per heavy atom. The van der Waals surface area contributed by atoms with E-state index < -0.39 is 6.10 Å². The van der Waals surface area contributed by atoms with E-state index in [1.165, 1.54) is 103 Å². The zero-order valence-corrected chi connectivity index (χ0v) is 42.5. The molecule has 0 aliphatic heterocycles. The Bertz CT molecular complexity index is 1270. The summed E-state index contributed by atoms with van der Waals surface area (Å²) in [5.41, 5.74) is 0. The van der Waals surface area contributed by atoms with E-state index in [9.17, 15) is 14.4 Å². The Hall–Kier alpha value is -3.41. The van der Waals surface area contributed by atoms with Gasteiger partial charge in [0.1, 0.15) is 13.2 Å². The van der Waals surface area contributed by atoms with E-state index in [4.69, 9.17) is 14.2 Å². The molecule has 1 unspecified atom stereocenters. The van der Waals surface area contributed by atoms with Crippen molar-refractivity contribution >= 4 is 17.9 Å². The van der Waals surface area contributed by atoms with E-state index in [1.807, 2.05) is 0 Å². The van der Waals surface area contributed by atoms with Crippen molar-refractivity contribution in [1.82, 2.24) is 0 Å². The molecule has 0 saturated heterocycles. The van der Waals surface area contributed by atoms with Gasteiger partial charge < -0.3 is 14.2 Å². The van der Waals surface area contributed by atoms with E-state index >= 15 is 0 Å². The van der Waals surface area contributed by atoms with Gasteiger partial charge in [-0.25, -0.2) is 0 Å². The number of carbonyl (C=O) groups excluding carboxylic acids is 3. The summed E-state index contributed by atoms with van der Waals surface area (Å²) in [4.78, 5) is 38.0. The second-order valence-corrected chi connectivity index (χ2v) is 17.8. The minimum absolute atomic E-state index is 0.0966. The van der Waals surface area contributed by atoms with Gasteiger partial charge in [-0.3, -0.25) is 14.4 Å². The molecule has 0 spiro atoms. The van der Waals surface area contributed by atoms with E-state index in [0.29, 0.717) is 12.8 Å². The number of esters is 3. The predicted octanol–water partition coefficient (Wildman–Crippen LogP) is 18.0. The molecule has 0 N–H and O–H groups in total. The zero-order valence-electron chi connectivity index (χ0n) is 42.5. The molecule has 0 saturated carbocycles. The molecule has 0 bridgehead atoms. The Labute approximate surface area is 401 Å². The van der Waals surface area contributed by atoms with Crippen molar-refractivity contribution < 1.29 is 28.6 Å². The predicted molar refractivity (Wildman–Crippen MR) is 279 cm³/mol. The van der Waals surface area contributed by atoms with Crippen molar-refractivity contribution in [3.63, 3.8) is 0 Å². The number of rotatable bonds is 48. The first-order valence-electron chi connectivity index (χ1n) is 27.1. The number of carbonyl (C=O) groups is 3. The first-order valence-corrected chi connectivity index (χ1v) is 27.1. The molecule has 0 aromatic heterocycles. The molecule has 0 fully saturated rings. The summed E-state index contributed by atoms with van der Waals surface area (Å²) in [7, 11) is 0. The lowest BCUT2D eigenvalue weighted by atomic mass is 10.0. The van der Waals surface area contributed by atoms with E-state index in [1.54, 1.807) is 0 Å². The molecule has 6 heteroatoms. The zero-order chi connectivity index (χ0) is 47.2. The first kappa shape index (κ1) is 61.6. The van der Waals surface area contributed by atoms with Gasteiger partial charge in [0, 0.05) is 19.3 Å². The standard InChI is InChI=1S/C59H100O6/c1-4-7-10-13-16-19-22-25-27-29-30-31-33-34-37-40-43-46-49-52-58(61)64-55-56(54-63-57(60)51-48-45-42-39-36-24-21-18-15-12-9-6-3)65-59(62)53-50-47-44-41-38-35-32-28-26-23-20-17-14-11-8-5-2/h7,10,16,19,25,27-28,30-32,34-35,37-38,56H,4-6,8-9,11-15,17-18,20-24,26,29,33,36,39-55H2,1-3H3/b10-7-,19-16-,27-25-,31-30-,32-28-,37-34-,38-35-. The highest BCUT2D eigenvalue weighted by Crippen LogP contribution is 2.14. The van der Waals surface area contributed by atoms with Crippen LogP contribution < -0.4 is 0 Å². The van der Waals surface area contributed by atoms with Crippen LogP contribution in [0.3, 0.4) is 0 Å². The first-order chi connectivity index (χ1) is 32.0. The molecule has 1 atom stereocenters. The Morgan fingerprint density at radius 2 is 0.646 bits per heavy atom. The molecule has 0 aliphatic rings. The third-order valence-electron chi connectivity index (χ3n) is 11.4. The molecular formula is C59H100O6. The van der Waals surface area contributed by atoms with Gasteiger partial charge in [-0.1, -0.05) is 228 Å². The summed E-state index contributed by atoms with van der Waals surface area (Å²) in [6, 6.07) is 0. The van der Waals surface area contributed by atoms with Crippen LogP contribution in [-0.2, 0) is 28.6 Å².